The van der Waals surface area contributed by atoms with Crippen LogP contribution >= 0.6 is 22.7 Å². The van der Waals surface area contributed by atoms with Crippen LogP contribution in [0, 0.1) is 5.82 Å². The van der Waals surface area contributed by atoms with E-state index < -0.39 is 0 Å². The van der Waals surface area contributed by atoms with E-state index in [1.807, 2.05) is 17.5 Å². The second-order valence-electron chi connectivity index (χ2n) is 6.39. The van der Waals surface area contributed by atoms with Crippen LogP contribution in [0.5, 0.6) is 0 Å². The van der Waals surface area contributed by atoms with Gasteiger partial charge in [0.15, 0.2) is 5.13 Å². The number of nitrogens with zero attached hydrogens (tertiary/aromatic N) is 3. The Balaban J connectivity index is 1.27. The summed E-state index contributed by atoms with van der Waals surface area (Å²) in [6, 6.07) is 11.1. The van der Waals surface area contributed by atoms with Crippen molar-refractivity contribution in [2.75, 3.05) is 43.4 Å². The highest BCUT2D eigenvalue weighted by Gasteiger charge is 2.17. The number of hydrogen-bond donors (Lipinski definition) is 1. The summed E-state index contributed by atoms with van der Waals surface area (Å²) in [5, 5.41) is 2.63. The third-order valence-corrected chi connectivity index (χ3v) is 6.52. The lowest BCUT2D eigenvalue weighted by Crippen LogP contribution is -2.46. The summed E-state index contributed by atoms with van der Waals surface area (Å²) in [6.45, 7) is 5.12. The van der Waals surface area contributed by atoms with Gasteiger partial charge in [-0.15, -0.1) is 22.7 Å². The fraction of sp³-hybridized carbons (Fsp3) is 0.316. The molecule has 1 aromatic carbocycles. The van der Waals surface area contributed by atoms with Gasteiger partial charge < -0.3 is 10.6 Å². The average Bonchev–Trinajstić information content (AvgIpc) is 3.30. The summed E-state index contributed by atoms with van der Waals surface area (Å²) in [6.07, 6.45) is 1.06. The van der Waals surface area contributed by atoms with E-state index in [0.717, 1.165) is 50.5 Å². The van der Waals surface area contributed by atoms with Crippen molar-refractivity contribution in [1.82, 2.24) is 9.88 Å². The van der Waals surface area contributed by atoms with Crippen LogP contribution < -0.4 is 10.6 Å². The van der Waals surface area contributed by atoms with E-state index in [1.165, 1.54) is 33.2 Å². The normalized spacial score (nSPS) is 15.5. The Morgan fingerprint density at radius 3 is 2.50 bits per heavy atom. The number of thiazole rings is 1. The molecule has 1 fully saturated rings. The molecule has 0 unspecified atom stereocenters. The molecule has 2 N–H and O–H groups in total. The fourth-order valence-corrected chi connectivity index (χ4v) is 4.80. The van der Waals surface area contributed by atoms with Gasteiger partial charge in [0.25, 0.3) is 0 Å². The first kappa shape index (κ1) is 17.5. The van der Waals surface area contributed by atoms with E-state index in [0.29, 0.717) is 5.13 Å². The van der Waals surface area contributed by atoms with Gasteiger partial charge >= 0.3 is 0 Å². The van der Waals surface area contributed by atoms with Gasteiger partial charge in [-0.2, -0.15) is 0 Å². The largest absolute Gasteiger partial charge is 0.375 e. The molecule has 7 heteroatoms. The zero-order valence-electron chi connectivity index (χ0n) is 14.4. The lowest BCUT2D eigenvalue weighted by atomic mass is 10.2. The summed E-state index contributed by atoms with van der Waals surface area (Å²) < 4.78 is 13.1. The van der Waals surface area contributed by atoms with Crippen molar-refractivity contribution in [1.29, 1.82) is 0 Å². The molecule has 0 amide bonds. The topological polar surface area (TPSA) is 45.4 Å². The first-order valence-electron chi connectivity index (χ1n) is 8.70. The number of piperazine rings is 1. The minimum absolute atomic E-state index is 0.178. The SMILES string of the molecule is Nc1nc(-c2ccc(CCN3CCN(c4ccc(F)cc4)CC3)s2)cs1. The Hall–Kier alpha value is -1.96. The van der Waals surface area contributed by atoms with Crippen molar-refractivity contribution in [3.05, 3.63) is 52.5 Å². The predicted molar refractivity (Wildman–Crippen MR) is 109 cm³/mol. The fourth-order valence-electron chi connectivity index (χ4n) is 3.20. The van der Waals surface area contributed by atoms with Gasteiger partial charge in [0.05, 0.1) is 10.6 Å². The van der Waals surface area contributed by atoms with Crippen LogP contribution in [-0.2, 0) is 6.42 Å². The molecule has 4 nitrogen and oxygen atoms in total. The summed E-state index contributed by atoms with van der Waals surface area (Å²) in [5.74, 6) is -0.178. The number of rotatable bonds is 5. The number of halogens is 1. The van der Waals surface area contributed by atoms with Crippen molar-refractivity contribution in [2.24, 2.45) is 0 Å². The maximum atomic E-state index is 13.1. The van der Waals surface area contributed by atoms with Crippen molar-refractivity contribution in [3.8, 4) is 10.6 Å². The van der Waals surface area contributed by atoms with E-state index in [1.54, 1.807) is 11.3 Å². The van der Waals surface area contributed by atoms with E-state index in [4.69, 9.17) is 5.73 Å². The maximum Gasteiger partial charge on any atom is 0.180 e. The van der Waals surface area contributed by atoms with Crippen LogP contribution in [0.2, 0.25) is 0 Å². The molecule has 4 rings (SSSR count). The smallest absolute Gasteiger partial charge is 0.180 e. The van der Waals surface area contributed by atoms with Crippen LogP contribution in [0.3, 0.4) is 0 Å². The third-order valence-electron chi connectivity index (χ3n) is 4.67. The number of nitrogen functional groups attached to an aromatic ring is 1. The summed E-state index contributed by atoms with van der Waals surface area (Å²) in [4.78, 5) is 11.8. The van der Waals surface area contributed by atoms with Gasteiger partial charge in [0.2, 0.25) is 0 Å². The quantitative estimate of drug-likeness (QED) is 0.719. The second-order valence-corrected chi connectivity index (χ2v) is 8.45. The monoisotopic (exact) mass is 388 g/mol. The minimum Gasteiger partial charge on any atom is -0.375 e. The highest BCUT2D eigenvalue weighted by molar-refractivity contribution is 7.16. The Kier molecular flexibility index (Phi) is 5.19. The second kappa shape index (κ2) is 7.73. The summed E-state index contributed by atoms with van der Waals surface area (Å²) >= 11 is 3.29. The van der Waals surface area contributed by atoms with Crippen LogP contribution in [0.15, 0.2) is 41.8 Å². The molecule has 136 valence electrons. The number of aromatic nitrogens is 1. The molecule has 0 saturated carbocycles. The maximum absolute atomic E-state index is 13.1. The molecule has 3 aromatic rings. The lowest BCUT2D eigenvalue weighted by molar-refractivity contribution is 0.261. The van der Waals surface area contributed by atoms with Gasteiger partial charge in [-0.25, -0.2) is 9.37 Å². The van der Waals surface area contributed by atoms with Gasteiger partial charge in [0.1, 0.15) is 5.82 Å². The van der Waals surface area contributed by atoms with Crippen LogP contribution in [0.4, 0.5) is 15.2 Å². The standard InChI is InChI=1S/C19H21FN4S2/c20-14-1-3-15(4-2-14)24-11-9-23(10-12-24)8-7-16-5-6-18(26-16)17-13-25-19(21)22-17/h1-6,13H,7-12H2,(H2,21,22). The molecule has 0 aliphatic carbocycles. The number of benzene rings is 1. The molecule has 1 saturated heterocycles. The Labute approximate surface area is 160 Å². The highest BCUT2D eigenvalue weighted by atomic mass is 32.1. The number of nitrogens with two attached hydrogens (primary N) is 1. The average molecular weight is 389 g/mol. The van der Waals surface area contributed by atoms with Crippen molar-refractivity contribution in [3.63, 3.8) is 0 Å². The molecule has 1 aliphatic heterocycles. The van der Waals surface area contributed by atoms with E-state index >= 15 is 0 Å². The molecule has 26 heavy (non-hydrogen) atoms. The Bertz CT molecular complexity index is 851. The molecule has 3 heterocycles. The predicted octanol–water partition coefficient (Wildman–Crippen LogP) is 3.96. The first-order valence-corrected chi connectivity index (χ1v) is 10.4. The molecule has 1 aliphatic rings. The number of anilines is 2. The van der Waals surface area contributed by atoms with Gasteiger partial charge in [-0.1, -0.05) is 0 Å². The van der Waals surface area contributed by atoms with Crippen LogP contribution in [0.25, 0.3) is 10.6 Å². The molecule has 0 bridgehead atoms. The molecule has 2 aromatic heterocycles. The first-order chi connectivity index (χ1) is 12.7. The van der Waals surface area contributed by atoms with Crippen molar-refractivity contribution >= 4 is 33.5 Å². The van der Waals surface area contributed by atoms with Crippen LogP contribution in [0.1, 0.15) is 4.88 Å². The minimum atomic E-state index is -0.178. The lowest BCUT2D eigenvalue weighted by Gasteiger charge is -2.36. The van der Waals surface area contributed by atoms with Gasteiger partial charge in [0, 0.05) is 48.7 Å². The van der Waals surface area contributed by atoms with Crippen molar-refractivity contribution < 1.29 is 4.39 Å². The molecule has 0 atom stereocenters. The van der Waals surface area contributed by atoms with E-state index in [2.05, 4.69) is 26.9 Å². The van der Waals surface area contributed by atoms with Crippen LogP contribution in [-0.4, -0.2) is 42.6 Å². The van der Waals surface area contributed by atoms with E-state index in [-0.39, 0.29) is 5.82 Å². The molecule has 0 radical (unpaired) electrons. The molecule has 0 spiro atoms. The van der Waals surface area contributed by atoms with Crippen molar-refractivity contribution in [2.45, 2.75) is 6.42 Å². The summed E-state index contributed by atoms with van der Waals surface area (Å²) in [5.41, 5.74) is 7.81. The zero-order valence-corrected chi connectivity index (χ0v) is 16.0. The molecular weight excluding hydrogens is 367 g/mol. The molecular formula is C19H21FN4S2. The summed E-state index contributed by atoms with van der Waals surface area (Å²) in [7, 11) is 0. The zero-order chi connectivity index (χ0) is 17.9. The van der Waals surface area contributed by atoms with Gasteiger partial charge in [-0.05, 0) is 42.8 Å². The van der Waals surface area contributed by atoms with Gasteiger partial charge in [-0.3, -0.25) is 4.90 Å². The Morgan fingerprint density at radius 2 is 1.81 bits per heavy atom. The Morgan fingerprint density at radius 1 is 1.04 bits per heavy atom. The van der Waals surface area contributed by atoms with E-state index in [9.17, 15) is 4.39 Å². The number of thiophene rings is 1. The number of hydrogen-bond acceptors (Lipinski definition) is 6. The highest BCUT2D eigenvalue weighted by Crippen LogP contribution is 2.30. The third kappa shape index (κ3) is 4.06.